The number of nitrogens with two attached hydrogens (primary N) is 1. The molecule has 2 heterocycles. The number of carboxylic acid groups (broad SMARTS) is 3. The lowest BCUT2D eigenvalue weighted by Gasteiger charge is -2.51. The quantitative estimate of drug-likeness (QED) is 0.160. The molecule has 1 aliphatic carbocycles. The van der Waals surface area contributed by atoms with E-state index in [9.17, 15) is 28.8 Å². The number of hydrogen-bond donors (Lipinski definition) is 6. The molecule has 16 heteroatoms. The Balaban J connectivity index is 0.000000460. The number of amides is 3. The first-order chi connectivity index (χ1) is 24.0. The highest BCUT2D eigenvalue weighted by molar-refractivity contribution is 6.42. The van der Waals surface area contributed by atoms with Crippen LogP contribution in [0, 0.1) is 5.92 Å². The summed E-state index contributed by atoms with van der Waals surface area (Å²) in [6.45, 7) is 3.39. The number of aliphatic carboxylic acids is 3. The molecule has 0 saturated carbocycles. The molecule has 14 nitrogen and oxygen atoms in total. The van der Waals surface area contributed by atoms with E-state index in [0.29, 0.717) is 29.6 Å². The van der Waals surface area contributed by atoms with Crippen molar-refractivity contribution in [3.63, 3.8) is 0 Å². The summed E-state index contributed by atoms with van der Waals surface area (Å²) in [5.74, 6) is -6.32. The number of nitrogens with zero attached hydrogens (tertiary/aromatic N) is 2. The van der Waals surface area contributed by atoms with Gasteiger partial charge in [-0.2, -0.15) is 0 Å². The Morgan fingerprint density at radius 2 is 1.67 bits per heavy atom. The van der Waals surface area contributed by atoms with Gasteiger partial charge >= 0.3 is 17.9 Å². The molecule has 280 valence electrons. The van der Waals surface area contributed by atoms with Crippen LogP contribution >= 0.6 is 23.2 Å². The molecule has 0 bridgehead atoms. The summed E-state index contributed by atoms with van der Waals surface area (Å²) in [5, 5.41) is 37.5. The van der Waals surface area contributed by atoms with E-state index in [-0.39, 0.29) is 23.9 Å². The third kappa shape index (κ3) is 9.88. The molecule has 2 saturated heterocycles. The standard InChI is InChI=1S/C29H38Cl2N4O3.C6H8O7/c1-3-8-20(19-11-12-23(30)24(31)17-19)22-18-29(28(32)38,14-13-21(22)27(37)33-2)35-16-7-4-9-25(35)34-15-6-5-10-26(34)36;7-3(8)1-6(13,5(11)12)2-4(9)10/h11-14,17-18,20-21,25H,3-10,15-16H2,1-2H3,(H2,32,38)(H,33,37);13H,1-2H2,(H,7,8)(H,9,10)(H,11,12). The number of rotatable bonds is 13. The Hall–Kier alpha value is -3.98. The number of likely N-dealkylation sites (tertiary alicyclic amines) is 2. The Morgan fingerprint density at radius 3 is 2.20 bits per heavy atom. The van der Waals surface area contributed by atoms with Gasteiger partial charge in [0.25, 0.3) is 0 Å². The molecule has 51 heavy (non-hydrogen) atoms. The highest BCUT2D eigenvalue weighted by atomic mass is 35.5. The van der Waals surface area contributed by atoms with E-state index in [4.69, 9.17) is 49.4 Å². The summed E-state index contributed by atoms with van der Waals surface area (Å²) in [6.07, 6.45) is 9.60. The second-order valence-corrected chi connectivity index (χ2v) is 13.8. The molecular weight excluding hydrogens is 707 g/mol. The fourth-order valence-corrected chi connectivity index (χ4v) is 7.31. The molecule has 0 aromatic heterocycles. The number of piperidine rings is 2. The fourth-order valence-electron chi connectivity index (χ4n) is 7.00. The van der Waals surface area contributed by atoms with Gasteiger partial charge in [-0.1, -0.05) is 54.8 Å². The highest BCUT2D eigenvalue weighted by Crippen LogP contribution is 2.43. The van der Waals surface area contributed by atoms with Gasteiger partial charge in [-0.25, -0.2) is 4.79 Å². The van der Waals surface area contributed by atoms with Gasteiger partial charge in [0.05, 0.1) is 35.0 Å². The van der Waals surface area contributed by atoms with Gasteiger partial charge in [-0.15, -0.1) is 0 Å². The Bertz CT molecular complexity index is 1550. The summed E-state index contributed by atoms with van der Waals surface area (Å²) in [6, 6.07) is 5.53. The molecule has 0 spiro atoms. The van der Waals surface area contributed by atoms with E-state index in [0.717, 1.165) is 56.1 Å². The molecule has 2 fully saturated rings. The van der Waals surface area contributed by atoms with Crippen LogP contribution in [0.2, 0.25) is 10.0 Å². The number of aliphatic hydroxyl groups is 1. The van der Waals surface area contributed by atoms with Crippen molar-refractivity contribution < 1.29 is 49.2 Å². The third-order valence-corrected chi connectivity index (χ3v) is 10.2. The van der Waals surface area contributed by atoms with Gasteiger partial charge in [0.15, 0.2) is 5.60 Å². The molecule has 1 aromatic carbocycles. The normalized spacial score (nSPS) is 23.0. The topological polar surface area (TPSA) is 228 Å². The lowest BCUT2D eigenvalue weighted by molar-refractivity contribution is -0.170. The monoisotopic (exact) mass is 752 g/mol. The van der Waals surface area contributed by atoms with E-state index in [1.54, 1.807) is 19.2 Å². The van der Waals surface area contributed by atoms with E-state index >= 15 is 0 Å². The number of carboxylic acids is 3. The van der Waals surface area contributed by atoms with Crippen molar-refractivity contribution in [2.75, 3.05) is 20.1 Å². The summed E-state index contributed by atoms with van der Waals surface area (Å²) in [4.78, 5) is 74.0. The summed E-state index contributed by atoms with van der Waals surface area (Å²) in [7, 11) is 1.61. The average molecular weight is 754 g/mol. The van der Waals surface area contributed by atoms with Crippen molar-refractivity contribution >= 4 is 58.8 Å². The molecule has 3 amide bonds. The zero-order valence-electron chi connectivity index (χ0n) is 28.6. The van der Waals surface area contributed by atoms with Crippen LogP contribution in [0.3, 0.4) is 0 Å². The van der Waals surface area contributed by atoms with E-state index in [2.05, 4.69) is 17.1 Å². The minimum absolute atomic E-state index is 0.125. The van der Waals surface area contributed by atoms with Crippen LogP contribution in [0.15, 0.2) is 42.0 Å². The van der Waals surface area contributed by atoms with Crippen molar-refractivity contribution in [3.05, 3.63) is 57.6 Å². The fraction of sp³-hybridized carbons (Fsp3) is 0.543. The molecule has 4 atom stereocenters. The second kappa shape index (κ2) is 18.0. The maximum atomic E-state index is 13.4. The molecule has 4 unspecified atom stereocenters. The molecule has 1 aromatic rings. The highest BCUT2D eigenvalue weighted by Gasteiger charge is 2.49. The number of primary amides is 1. The largest absolute Gasteiger partial charge is 0.481 e. The smallest absolute Gasteiger partial charge is 0.336 e. The molecule has 7 N–H and O–H groups in total. The van der Waals surface area contributed by atoms with E-state index in [1.165, 1.54) is 0 Å². The van der Waals surface area contributed by atoms with Crippen molar-refractivity contribution in [2.24, 2.45) is 11.7 Å². The average Bonchev–Trinajstić information content (AvgIpc) is 3.07. The number of hydrogen-bond acceptors (Lipinski definition) is 8. The van der Waals surface area contributed by atoms with Crippen LogP contribution in [-0.4, -0.2) is 103 Å². The Labute approximate surface area is 306 Å². The molecule has 0 radical (unpaired) electrons. The zero-order valence-corrected chi connectivity index (χ0v) is 30.2. The summed E-state index contributed by atoms with van der Waals surface area (Å²) < 4.78 is 0. The minimum Gasteiger partial charge on any atom is -0.481 e. The first-order valence-corrected chi connectivity index (χ1v) is 17.6. The second-order valence-electron chi connectivity index (χ2n) is 13.0. The summed E-state index contributed by atoms with van der Waals surface area (Å²) in [5.41, 5.74) is 3.95. The Morgan fingerprint density at radius 1 is 1.02 bits per heavy atom. The lowest BCUT2D eigenvalue weighted by atomic mass is 9.73. The van der Waals surface area contributed by atoms with Crippen LogP contribution in [0.1, 0.15) is 82.6 Å². The van der Waals surface area contributed by atoms with E-state index < -0.39 is 53.7 Å². The van der Waals surface area contributed by atoms with Crippen LogP contribution < -0.4 is 11.1 Å². The van der Waals surface area contributed by atoms with Gasteiger partial charge < -0.3 is 36.4 Å². The molecular formula is C35H46Cl2N4O10. The van der Waals surface area contributed by atoms with E-state index in [1.807, 2.05) is 29.2 Å². The number of carbonyl (C=O) groups excluding carboxylic acids is 3. The minimum atomic E-state index is -2.74. The number of carbonyl (C=O) groups is 6. The van der Waals surface area contributed by atoms with Gasteiger partial charge in [-0.3, -0.25) is 28.9 Å². The molecule has 3 aliphatic rings. The van der Waals surface area contributed by atoms with Crippen molar-refractivity contribution in [3.8, 4) is 0 Å². The number of benzene rings is 1. The van der Waals surface area contributed by atoms with Gasteiger partial charge in [0.1, 0.15) is 5.54 Å². The number of halogens is 2. The first kappa shape index (κ1) is 41.4. The Kier molecular flexibility index (Phi) is 14.6. The van der Waals surface area contributed by atoms with Crippen LogP contribution in [0.4, 0.5) is 0 Å². The maximum Gasteiger partial charge on any atom is 0.336 e. The van der Waals surface area contributed by atoms with Crippen LogP contribution in [0.25, 0.3) is 0 Å². The molecule has 2 aliphatic heterocycles. The van der Waals surface area contributed by atoms with Crippen molar-refractivity contribution in [2.45, 2.75) is 94.4 Å². The number of nitrogens with one attached hydrogen (secondary N) is 1. The van der Waals surface area contributed by atoms with Gasteiger partial charge in [0, 0.05) is 32.5 Å². The lowest BCUT2D eigenvalue weighted by Crippen LogP contribution is -2.66. The molecule has 4 rings (SSSR count). The predicted octanol–water partition coefficient (Wildman–Crippen LogP) is 3.54. The zero-order chi connectivity index (χ0) is 38.1. The predicted molar refractivity (Wildman–Crippen MR) is 188 cm³/mol. The van der Waals surface area contributed by atoms with Crippen molar-refractivity contribution in [1.29, 1.82) is 0 Å². The first-order valence-electron chi connectivity index (χ1n) is 16.8. The van der Waals surface area contributed by atoms with Crippen molar-refractivity contribution in [1.82, 2.24) is 15.1 Å². The summed E-state index contributed by atoms with van der Waals surface area (Å²) >= 11 is 12.6. The SMILES string of the molecule is CCCC(C1=CC(C(N)=O)(N2CCCCC2N2CCCCC2=O)C=CC1C(=O)NC)c1ccc(Cl)c(Cl)c1.O=C(O)CC(O)(CC(=O)O)C(=O)O. The van der Waals surface area contributed by atoms with Crippen LogP contribution in [0.5, 0.6) is 0 Å². The third-order valence-electron chi connectivity index (χ3n) is 9.49. The van der Waals surface area contributed by atoms with Gasteiger partial charge in [-0.05, 0) is 67.9 Å². The van der Waals surface area contributed by atoms with Crippen LogP contribution in [-0.2, 0) is 28.8 Å². The maximum absolute atomic E-state index is 13.4. The van der Waals surface area contributed by atoms with Gasteiger partial charge in [0.2, 0.25) is 17.7 Å².